The van der Waals surface area contributed by atoms with Crippen LogP contribution < -0.4 is 10.5 Å². The summed E-state index contributed by atoms with van der Waals surface area (Å²) in [4.78, 5) is 21.0. The Morgan fingerprint density at radius 2 is 1.76 bits per heavy atom. The summed E-state index contributed by atoms with van der Waals surface area (Å²) < 4.78 is 41.3. The Morgan fingerprint density at radius 3 is 2.48 bits per heavy atom. The number of rotatable bonds is 4. The average molecular weight is 399 g/mol. The number of benzene rings is 2. The van der Waals surface area contributed by atoms with Crippen LogP contribution in [0.1, 0.15) is 11.1 Å². The van der Waals surface area contributed by atoms with E-state index < -0.39 is 17.3 Å². The van der Waals surface area contributed by atoms with Crippen molar-refractivity contribution in [2.75, 3.05) is 11.9 Å². The van der Waals surface area contributed by atoms with Gasteiger partial charge in [0.1, 0.15) is 5.39 Å². The normalized spacial score (nSPS) is 11.7. The molecule has 29 heavy (non-hydrogen) atoms. The van der Waals surface area contributed by atoms with Gasteiger partial charge in [0.15, 0.2) is 5.65 Å². The molecule has 0 aliphatic heterocycles. The van der Waals surface area contributed by atoms with E-state index in [2.05, 4.69) is 15.1 Å². The molecule has 0 saturated heterocycles. The molecule has 0 amide bonds. The minimum absolute atomic E-state index is 0.0798. The largest absolute Gasteiger partial charge is 0.416 e. The molecule has 2 aromatic heterocycles. The molecule has 1 N–H and O–H groups in total. The number of anilines is 1. The van der Waals surface area contributed by atoms with E-state index in [1.807, 2.05) is 30.3 Å². The first-order chi connectivity index (χ1) is 13.8. The Balaban J connectivity index is 1.75. The SMILES string of the molecule is CN(Cc1ccccc1C(F)(F)F)c1nc2c(cnn2-c2ccccc2)c(=O)[nH]1. The van der Waals surface area contributed by atoms with E-state index in [-0.39, 0.29) is 18.1 Å². The zero-order valence-electron chi connectivity index (χ0n) is 15.3. The van der Waals surface area contributed by atoms with Crippen molar-refractivity contribution in [2.45, 2.75) is 12.7 Å². The second-order valence-electron chi connectivity index (χ2n) is 6.53. The van der Waals surface area contributed by atoms with Crippen molar-refractivity contribution in [3.63, 3.8) is 0 Å². The van der Waals surface area contributed by atoms with Crippen LogP contribution in [0.15, 0.2) is 65.6 Å². The second kappa shape index (κ2) is 7.08. The molecule has 0 aliphatic rings. The lowest BCUT2D eigenvalue weighted by molar-refractivity contribution is -0.138. The van der Waals surface area contributed by atoms with Crippen LogP contribution in [-0.4, -0.2) is 26.8 Å². The predicted molar refractivity (Wildman–Crippen MR) is 103 cm³/mol. The first-order valence-electron chi connectivity index (χ1n) is 8.74. The molecule has 4 aromatic rings. The summed E-state index contributed by atoms with van der Waals surface area (Å²) in [6.07, 6.45) is -3.05. The third kappa shape index (κ3) is 3.58. The van der Waals surface area contributed by atoms with Crippen LogP contribution >= 0.6 is 0 Å². The topological polar surface area (TPSA) is 66.8 Å². The van der Waals surface area contributed by atoms with Gasteiger partial charge < -0.3 is 4.90 Å². The monoisotopic (exact) mass is 399 g/mol. The summed E-state index contributed by atoms with van der Waals surface area (Å²) in [5, 5.41) is 4.52. The lowest BCUT2D eigenvalue weighted by Gasteiger charge is -2.20. The highest BCUT2D eigenvalue weighted by Crippen LogP contribution is 2.32. The highest BCUT2D eigenvalue weighted by Gasteiger charge is 2.33. The molecule has 6 nitrogen and oxygen atoms in total. The Kier molecular flexibility index (Phi) is 4.57. The number of hydrogen-bond donors (Lipinski definition) is 1. The maximum atomic E-state index is 13.3. The summed E-state index contributed by atoms with van der Waals surface area (Å²) in [7, 11) is 1.57. The zero-order chi connectivity index (χ0) is 20.6. The van der Waals surface area contributed by atoms with E-state index in [9.17, 15) is 18.0 Å². The first-order valence-corrected chi connectivity index (χ1v) is 8.74. The van der Waals surface area contributed by atoms with Gasteiger partial charge >= 0.3 is 6.18 Å². The molecular formula is C20H16F3N5O. The van der Waals surface area contributed by atoms with Gasteiger partial charge in [-0.15, -0.1) is 0 Å². The van der Waals surface area contributed by atoms with Gasteiger partial charge in [0.25, 0.3) is 5.56 Å². The van der Waals surface area contributed by atoms with Gasteiger partial charge in [-0.05, 0) is 23.8 Å². The molecule has 0 aliphatic carbocycles. The van der Waals surface area contributed by atoms with Gasteiger partial charge in [-0.3, -0.25) is 9.78 Å². The van der Waals surface area contributed by atoms with Gasteiger partial charge in [-0.25, -0.2) is 4.68 Å². The number of aromatic amines is 1. The minimum atomic E-state index is -4.46. The minimum Gasteiger partial charge on any atom is -0.341 e. The van der Waals surface area contributed by atoms with E-state index in [1.54, 1.807) is 13.1 Å². The molecule has 0 fully saturated rings. The molecule has 0 unspecified atom stereocenters. The van der Waals surface area contributed by atoms with Crippen molar-refractivity contribution in [2.24, 2.45) is 0 Å². The molecule has 0 radical (unpaired) electrons. The van der Waals surface area contributed by atoms with E-state index in [0.29, 0.717) is 11.0 Å². The molecule has 4 rings (SSSR count). The highest BCUT2D eigenvalue weighted by atomic mass is 19.4. The Morgan fingerprint density at radius 1 is 1.07 bits per heavy atom. The molecule has 0 spiro atoms. The van der Waals surface area contributed by atoms with Crippen LogP contribution in [0.3, 0.4) is 0 Å². The number of H-pyrrole nitrogens is 1. The number of nitrogens with zero attached hydrogens (tertiary/aromatic N) is 4. The molecule has 0 atom stereocenters. The van der Waals surface area contributed by atoms with Gasteiger partial charge in [0.05, 0.1) is 17.4 Å². The Labute approximate surface area is 163 Å². The van der Waals surface area contributed by atoms with Crippen molar-refractivity contribution in [3.05, 3.63) is 82.3 Å². The van der Waals surface area contributed by atoms with Crippen LogP contribution in [0.25, 0.3) is 16.7 Å². The van der Waals surface area contributed by atoms with Gasteiger partial charge in [-0.1, -0.05) is 36.4 Å². The van der Waals surface area contributed by atoms with E-state index in [4.69, 9.17) is 0 Å². The maximum absolute atomic E-state index is 13.3. The van der Waals surface area contributed by atoms with Gasteiger partial charge in [-0.2, -0.15) is 23.3 Å². The number of aromatic nitrogens is 4. The third-order valence-electron chi connectivity index (χ3n) is 4.52. The lowest BCUT2D eigenvalue weighted by Crippen LogP contribution is -2.24. The summed E-state index contributed by atoms with van der Waals surface area (Å²) in [6.45, 7) is -0.0798. The molecule has 2 heterocycles. The summed E-state index contributed by atoms with van der Waals surface area (Å²) in [6, 6.07) is 14.5. The van der Waals surface area contributed by atoms with Crippen molar-refractivity contribution >= 4 is 17.0 Å². The standard InChI is InChI=1S/C20H16F3N5O/c1-27(12-13-7-5-6-10-16(13)20(21,22)23)19-25-17-15(18(29)26-19)11-24-28(17)14-8-3-2-4-9-14/h2-11H,12H2,1H3,(H,25,26,29). The van der Waals surface area contributed by atoms with Crippen LogP contribution in [0.5, 0.6) is 0 Å². The number of hydrogen-bond acceptors (Lipinski definition) is 4. The molecule has 0 bridgehead atoms. The molecular weight excluding hydrogens is 383 g/mol. The van der Waals surface area contributed by atoms with E-state index in [1.165, 1.54) is 27.9 Å². The molecule has 9 heteroatoms. The van der Waals surface area contributed by atoms with Crippen LogP contribution in [0.2, 0.25) is 0 Å². The number of fused-ring (bicyclic) bond motifs is 1. The van der Waals surface area contributed by atoms with Crippen molar-refractivity contribution in [1.29, 1.82) is 0 Å². The first kappa shape index (κ1) is 18.7. The number of alkyl halides is 3. The van der Waals surface area contributed by atoms with E-state index in [0.717, 1.165) is 11.8 Å². The number of para-hydroxylation sites is 1. The molecule has 2 aromatic carbocycles. The smallest absolute Gasteiger partial charge is 0.341 e. The van der Waals surface area contributed by atoms with Crippen molar-refractivity contribution in [1.82, 2.24) is 19.7 Å². The summed E-state index contributed by atoms with van der Waals surface area (Å²) in [5.74, 6) is 0.150. The number of halogens is 3. The Hall–Kier alpha value is -3.62. The highest BCUT2D eigenvalue weighted by molar-refractivity contribution is 5.76. The third-order valence-corrected chi connectivity index (χ3v) is 4.52. The molecule has 148 valence electrons. The summed E-state index contributed by atoms with van der Waals surface area (Å²) >= 11 is 0. The van der Waals surface area contributed by atoms with Crippen LogP contribution in [0.4, 0.5) is 19.1 Å². The van der Waals surface area contributed by atoms with Gasteiger partial charge in [0.2, 0.25) is 5.95 Å². The maximum Gasteiger partial charge on any atom is 0.416 e. The van der Waals surface area contributed by atoms with Crippen molar-refractivity contribution in [3.8, 4) is 5.69 Å². The molecule has 0 saturated carbocycles. The lowest BCUT2D eigenvalue weighted by atomic mass is 10.1. The van der Waals surface area contributed by atoms with Crippen LogP contribution in [0, 0.1) is 0 Å². The second-order valence-corrected chi connectivity index (χ2v) is 6.53. The van der Waals surface area contributed by atoms with Crippen molar-refractivity contribution < 1.29 is 13.2 Å². The average Bonchev–Trinajstić information content (AvgIpc) is 3.13. The quantitative estimate of drug-likeness (QED) is 0.567. The number of nitrogens with one attached hydrogen (secondary N) is 1. The fraction of sp³-hybridized carbons (Fsp3) is 0.150. The Bertz CT molecular complexity index is 1210. The predicted octanol–water partition coefficient (Wildman–Crippen LogP) is 3.76. The van der Waals surface area contributed by atoms with E-state index >= 15 is 0 Å². The zero-order valence-corrected chi connectivity index (χ0v) is 15.3. The fourth-order valence-corrected chi connectivity index (χ4v) is 3.11. The fourth-order valence-electron chi connectivity index (χ4n) is 3.11. The summed E-state index contributed by atoms with van der Waals surface area (Å²) in [5.41, 5.74) is -0.00270. The van der Waals surface area contributed by atoms with Crippen LogP contribution in [-0.2, 0) is 12.7 Å². The van der Waals surface area contributed by atoms with Gasteiger partial charge in [0, 0.05) is 13.6 Å².